The number of aromatic hydroxyl groups is 1. The van der Waals surface area contributed by atoms with Crippen LogP contribution in [0.5, 0.6) is 5.75 Å². The average molecular weight is 272 g/mol. The van der Waals surface area contributed by atoms with Crippen molar-refractivity contribution >= 4 is 7.60 Å². The highest BCUT2D eigenvalue weighted by Gasteiger charge is 2.21. The van der Waals surface area contributed by atoms with Crippen LogP contribution in [0.2, 0.25) is 0 Å². The quantitative estimate of drug-likeness (QED) is 0.667. The fraction of sp³-hybridized carbons (Fsp3) is 0.538. The largest absolute Gasteiger partial charge is 0.508 e. The van der Waals surface area contributed by atoms with E-state index in [-0.39, 0.29) is 17.8 Å². The van der Waals surface area contributed by atoms with E-state index >= 15 is 0 Å². The van der Waals surface area contributed by atoms with Crippen molar-refractivity contribution < 1.29 is 19.5 Å². The summed E-state index contributed by atoms with van der Waals surface area (Å²) in [6.45, 7) is 2.06. The lowest BCUT2D eigenvalue weighted by molar-refractivity contribution is 0.355. The Morgan fingerprint density at radius 1 is 1.22 bits per heavy atom. The van der Waals surface area contributed by atoms with E-state index in [9.17, 15) is 9.67 Å². The summed E-state index contributed by atoms with van der Waals surface area (Å²) in [6, 6.07) is 6.80. The molecule has 1 aromatic rings. The molecule has 4 nitrogen and oxygen atoms in total. The topological polar surface area (TPSA) is 77.8 Å². The Labute approximate surface area is 108 Å². The number of hydrogen-bond donors (Lipinski definition) is 3. The zero-order chi connectivity index (χ0) is 13.6. The summed E-state index contributed by atoms with van der Waals surface area (Å²) in [5, 5.41) is 9.19. The van der Waals surface area contributed by atoms with E-state index in [1.807, 2.05) is 0 Å². The van der Waals surface area contributed by atoms with Gasteiger partial charge in [0.05, 0.1) is 6.16 Å². The minimum absolute atomic E-state index is 0.00433. The molecule has 0 bridgehead atoms. The molecule has 0 aliphatic heterocycles. The van der Waals surface area contributed by atoms with Crippen molar-refractivity contribution in [3.63, 3.8) is 0 Å². The normalized spacial score (nSPS) is 13.5. The summed E-state index contributed by atoms with van der Waals surface area (Å²) in [5.74, 6) is 0.203. The third kappa shape index (κ3) is 6.20. The van der Waals surface area contributed by atoms with Gasteiger partial charge in [-0.1, -0.05) is 31.9 Å². The third-order valence-electron chi connectivity index (χ3n) is 2.92. The highest BCUT2D eigenvalue weighted by Crippen LogP contribution is 2.39. The SMILES string of the molecule is CCCCC(Cc1ccc(O)cc1)CP(=O)(O)O. The number of hydrogen-bond acceptors (Lipinski definition) is 2. The maximum atomic E-state index is 11.1. The van der Waals surface area contributed by atoms with Crippen molar-refractivity contribution in [1.29, 1.82) is 0 Å². The molecule has 102 valence electrons. The molecule has 0 radical (unpaired) electrons. The standard InChI is InChI=1S/C13H21O4P/c1-2-3-4-12(10-18(15,16)17)9-11-5-7-13(14)8-6-11/h5-8,12,14H,2-4,9-10H2,1H3,(H2,15,16,17). The summed E-state index contributed by atoms with van der Waals surface area (Å²) >= 11 is 0. The highest BCUT2D eigenvalue weighted by molar-refractivity contribution is 7.51. The summed E-state index contributed by atoms with van der Waals surface area (Å²) in [5.41, 5.74) is 1.00. The Kier molecular flexibility index (Phi) is 5.86. The van der Waals surface area contributed by atoms with Gasteiger partial charge in [0.2, 0.25) is 0 Å². The number of benzene rings is 1. The van der Waals surface area contributed by atoms with Crippen LogP contribution in [0.25, 0.3) is 0 Å². The van der Waals surface area contributed by atoms with Gasteiger partial charge in [-0.2, -0.15) is 0 Å². The maximum absolute atomic E-state index is 11.1. The first-order chi connectivity index (χ1) is 8.40. The number of rotatable bonds is 7. The lowest BCUT2D eigenvalue weighted by Gasteiger charge is -2.17. The Hall–Kier alpha value is -0.830. The van der Waals surface area contributed by atoms with E-state index in [1.165, 1.54) is 0 Å². The summed E-state index contributed by atoms with van der Waals surface area (Å²) in [6.07, 6.45) is 3.40. The summed E-state index contributed by atoms with van der Waals surface area (Å²) in [7, 11) is -3.96. The van der Waals surface area contributed by atoms with Crippen LogP contribution in [-0.2, 0) is 11.0 Å². The van der Waals surface area contributed by atoms with Crippen LogP contribution in [0, 0.1) is 5.92 Å². The molecule has 0 saturated heterocycles. The van der Waals surface area contributed by atoms with Crippen molar-refractivity contribution in [1.82, 2.24) is 0 Å². The molecular formula is C13H21O4P. The molecule has 0 heterocycles. The second kappa shape index (κ2) is 6.93. The monoisotopic (exact) mass is 272 g/mol. The Balaban J connectivity index is 2.65. The first-order valence-electron chi connectivity index (χ1n) is 6.23. The van der Waals surface area contributed by atoms with Gasteiger partial charge in [-0.15, -0.1) is 0 Å². The zero-order valence-corrected chi connectivity index (χ0v) is 11.5. The Bertz CT molecular complexity index is 396. The molecule has 18 heavy (non-hydrogen) atoms. The first kappa shape index (κ1) is 15.2. The van der Waals surface area contributed by atoms with Crippen molar-refractivity contribution in [3.05, 3.63) is 29.8 Å². The average Bonchev–Trinajstić information content (AvgIpc) is 2.27. The Morgan fingerprint density at radius 2 is 1.83 bits per heavy atom. The third-order valence-corrected chi connectivity index (χ3v) is 3.91. The second-order valence-corrected chi connectivity index (χ2v) is 6.42. The van der Waals surface area contributed by atoms with Crippen LogP contribution >= 0.6 is 7.60 Å². The molecule has 0 amide bonds. The summed E-state index contributed by atoms with van der Waals surface area (Å²) in [4.78, 5) is 18.2. The van der Waals surface area contributed by atoms with E-state index in [0.717, 1.165) is 24.8 Å². The molecule has 1 rings (SSSR count). The maximum Gasteiger partial charge on any atom is 0.325 e. The van der Waals surface area contributed by atoms with Gasteiger partial charge in [-0.3, -0.25) is 4.57 Å². The molecule has 0 aliphatic rings. The van der Waals surface area contributed by atoms with E-state index in [4.69, 9.17) is 9.79 Å². The van der Waals surface area contributed by atoms with Crippen LogP contribution in [0.4, 0.5) is 0 Å². The Morgan fingerprint density at radius 3 is 2.33 bits per heavy atom. The molecule has 1 atom stereocenters. The predicted octanol–water partition coefficient (Wildman–Crippen LogP) is 2.92. The van der Waals surface area contributed by atoms with Crippen LogP contribution in [0.3, 0.4) is 0 Å². The van der Waals surface area contributed by atoms with E-state index in [0.29, 0.717) is 6.42 Å². The van der Waals surface area contributed by atoms with Crippen molar-refractivity contribution in [2.24, 2.45) is 5.92 Å². The highest BCUT2D eigenvalue weighted by atomic mass is 31.2. The zero-order valence-electron chi connectivity index (χ0n) is 10.6. The molecule has 0 aromatic heterocycles. The molecule has 0 spiro atoms. The van der Waals surface area contributed by atoms with Gasteiger partial charge < -0.3 is 14.9 Å². The van der Waals surface area contributed by atoms with Crippen molar-refractivity contribution in [3.8, 4) is 5.75 Å². The van der Waals surface area contributed by atoms with E-state index < -0.39 is 7.60 Å². The van der Waals surface area contributed by atoms with Crippen molar-refractivity contribution in [2.45, 2.75) is 32.6 Å². The lowest BCUT2D eigenvalue weighted by Crippen LogP contribution is -2.10. The summed E-state index contributed by atoms with van der Waals surface area (Å²) < 4.78 is 11.1. The fourth-order valence-electron chi connectivity index (χ4n) is 2.05. The molecule has 0 saturated carbocycles. The minimum Gasteiger partial charge on any atom is -0.508 e. The molecule has 1 aromatic carbocycles. The van der Waals surface area contributed by atoms with Crippen LogP contribution < -0.4 is 0 Å². The van der Waals surface area contributed by atoms with Gasteiger partial charge in [0, 0.05) is 0 Å². The molecule has 1 unspecified atom stereocenters. The van der Waals surface area contributed by atoms with Gasteiger partial charge in [-0.25, -0.2) is 0 Å². The molecule has 0 fully saturated rings. The van der Waals surface area contributed by atoms with Gasteiger partial charge in [-0.05, 0) is 36.5 Å². The molecule has 5 heteroatoms. The second-order valence-electron chi connectivity index (χ2n) is 4.73. The van der Waals surface area contributed by atoms with E-state index in [2.05, 4.69) is 6.92 Å². The van der Waals surface area contributed by atoms with Crippen LogP contribution in [0.1, 0.15) is 31.7 Å². The minimum atomic E-state index is -3.96. The van der Waals surface area contributed by atoms with E-state index in [1.54, 1.807) is 24.3 Å². The van der Waals surface area contributed by atoms with Gasteiger partial charge in [0.25, 0.3) is 0 Å². The fourth-order valence-corrected chi connectivity index (χ4v) is 3.04. The number of phenolic OH excluding ortho intramolecular Hbond substituents is 1. The molecule has 3 N–H and O–H groups in total. The predicted molar refractivity (Wildman–Crippen MR) is 71.7 cm³/mol. The van der Waals surface area contributed by atoms with Gasteiger partial charge in [0.1, 0.15) is 5.75 Å². The van der Waals surface area contributed by atoms with Gasteiger partial charge in [0.15, 0.2) is 0 Å². The lowest BCUT2D eigenvalue weighted by atomic mass is 9.96. The van der Waals surface area contributed by atoms with Crippen LogP contribution in [0.15, 0.2) is 24.3 Å². The smallest absolute Gasteiger partial charge is 0.325 e. The molecular weight excluding hydrogens is 251 g/mol. The van der Waals surface area contributed by atoms with Gasteiger partial charge >= 0.3 is 7.60 Å². The van der Waals surface area contributed by atoms with Crippen LogP contribution in [-0.4, -0.2) is 21.1 Å². The molecule has 0 aliphatic carbocycles. The van der Waals surface area contributed by atoms with Crippen molar-refractivity contribution in [2.75, 3.05) is 6.16 Å². The first-order valence-corrected chi connectivity index (χ1v) is 8.03. The number of unbranched alkanes of at least 4 members (excludes halogenated alkanes) is 1. The number of phenols is 1.